The SMILES string of the molecule is C=C(O)c1ccc(C)c(Nc2nccc(-c3cccnc3)n2)c1. The first-order chi connectivity index (χ1) is 11.1. The van der Waals surface area contributed by atoms with Gasteiger partial charge in [0.25, 0.3) is 0 Å². The number of nitrogens with zero attached hydrogens (tertiary/aromatic N) is 3. The smallest absolute Gasteiger partial charge is 0.227 e. The molecule has 0 amide bonds. The minimum Gasteiger partial charge on any atom is -0.508 e. The molecule has 0 aliphatic heterocycles. The lowest BCUT2D eigenvalue weighted by molar-refractivity contribution is 0.514. The molecule has 1 aromatic carbocycles. The second kappa shape index (κ2) is 6.27. The highest BCUT2D eigenvalue weighted by Gasteiger charge is 2.06. The molecule has 2 aromatic heterocycles. The van der Waals surface area contributed by atoms with E-state index in [9.17, 15) is 5.11 Å². The zero-order chi connectivity index (χ0) is 16.2. The molecule has 114 valence electrons. The summed E-state index contributed by atoms with van der Waals surface area (Å²) in [6.07, 6.45) is 5.18. The van der Waals surface area contributed by atoms with Gasteiger partial charge in [0.2, 0.25) is 5.95 Å². The van der Waals surface area contributed by atoms with Crippen LogP contribution in [-0.2, 0) is 0 Å². The lowest BCUT2D eigenvalue weighted by atomic mass is 10.1. The molecule has 3 rings (SSSR count). The molecule has 2 N–H and O–H groups in total. The summed E-state index contributed by atoms with van der Waals surface area (Å²) in [7, 11) is 0. The predicted molar refractivity (Wildman–Crippen MR) is 91.4 cm³/mol. The second-order valence-electron chi connectivity index (χ2n) is 5.11. The molecule has 0 aliphatic carbocycles. The van der Waals surface area contributed by atoms with Crippen LogP contribution in [0.25, 0.3) is 17.0 Å². The average Bonchev–Trinajstić information content (AvgIpc) is 2.58. The average molecular weight is 304 g/mol. The number of aliphatic hydroxyl groups is 1. The number of benzene rings is 1. The zero-order valence-corrected chi connectivity index (χ0v) is 12.7. The van der Waals surface area contributed by atoms with E-state index in [4.69, 9.17) is 0 Å². The summed E-state index contributed by atoms with van der Waals surface area (Å²) in [6, 6.07) is 11.2. The van der Waals surface area contributed by atoms with E-state index in [-0.39, 0.29) is 5.76 Å². The van der Waals surface area contributed by atoms with Crippen LogP contribution in [0.15, 0.2) is 61.6 Å². The van der Waals surface area contributed by atoms with Crippen LogP contribution in [0.1, 0.15) is 11.1 Å². The van der Waals surface area contributed by atoms with Gasteiger partial charge in [-0.3, -0.25) is 4.98 Å². The summed E-state index contributed by atoms with van der Waals surface area (Å²) >= 11 is 0. The van der Waals surface area contributed by atoms with Crippen LogP contribution in [-0.4, -0.2) is 20.1 Å². The van der Waals surface area contributed by atoms with Crippen molar-refractivity contribution in [3.63, 3.8) is 0 Å². The highest BCUT2D eigenvalue weighted by Crippen LogP contribution is 2.23. The Morgan fingerprint density at radius 1 is 1.17 bits per heavy atom. The number of hydrogen-bond donors (Lipinski definition) is 2. The van der Waals surface area contributed by atoms with Gasteiger partial charge >= 0.3 is 0 Å². The molecule has 0 saturated carbocycles. The predicted octanol–water partition coefficient (Wildman–Crippen LogP) is 4.12. The third kappa shape index (κ3) is 3.35. The highest BCUT2D eigenvalue weighted by molar-refractivity contribution is 5.68. The zero-order valence-electron chi connectivity index (χ0n) is 12.7. The Kier molecular flexibility index (Phi) is 4.01. The Labute approximate surface area is 134 Å². The quantitative estimate of drug-likeness (QED) is 0.709. The van der Waals surface area contributed by atoms with Crippen LogP contribution in [0, 0.1) is 6.92 Å². The lowest BCUT2D eigenvalue weighted by Gasteiger charge is -2.11. The lowest BCUT2D eigenvalue weighted by Crippen LogP contribution is -2.00. The van der Waals surface area contributed by atoms with Gasteiger partial charge in [0.1, 0.15) is 5.76 Å². The molecular formula is C18H16N4O. The van der Waals surface area contributed by atoms with E-state index in [1.807, 2.05) is 43.3 Å². The molecular weight excluding hydrogens is 288 g/mol. The van der Waals surface area contributed by atoms with Crippen LogP contribution in [0.2, 0.25) is 0 Å². The Balaban J connectivity index is 1.92. The summed E-state index contributed by atoms with van der Waals surface area (Å²) < 4.78 is 0. The fraction of sp³-hybridized carbons (Fsp3) is 0.0556. The van der Waals surface area contributed by atoms with Crippen LogP contribution >= 0.6 is 0 Å². The van der Waals surface area contributed by atoms with Gasteiger partial charge in [0.05, 0.1) is 5.69 Å². The van der Waals surface area contributed by atoms with Gasteiger partial charge in [-0.15, -0.1) is 0 Å². The third-order valence-corrected chi connectivity index (χ3v) is 3.43. The minimum absolute atomic E-state index is 0.0260. The van der Waals surface area contributed by atoms with E-state index in [2.05, 4.69) is 26.8 Å². The highest BCUT2D eigenvalue weighted by atomic mass is 16.3. The number of rotatable bonds is 4. The Hall–Kier alpha value is -3.21. The van der Waals surface area contributed by atoms with Crippen molar-refractivity contribution in [2.75, 3.05) is 5.32 Å². The maximum atomic E-state index is 9.54. The third-order valence-electron chi connectivity index (χ3n) is 3.43. The van der Waals surface area contributed by atoms with Gasteiger partial charge in [-0.2, -0.15) is 0 Å². The van der Waals surface area contributed by atoms with Gasteiger partial charge in [-0.25, -0.2) is 9.97 Å². The summed E-state index contributed by atoms with van der Waals surface area (Å²) in [6.45, 7) is 5.52. The fourth-order valence-electron chi connectivity index (χ4n) is 2.15. The molecule has 23 heavy (non-hydrogen) atoms. The van der Waals surface area contributed by atoms with Crippen molar-refractivity contribution < 1.29 is 5.11 Å². The van der Waals surface area contributed by atoms with E-state index in [0.29, 0.717) is 11.5 Å². The van der Waals surface area contributed by atoms with Crippen LogP contribution in [0.4, 0.5) is 11.6 Å². The normalized spacial score (nSPS) is 10.3. The molecule has 0 bridgehead atoms. The monoisotopic (exact) mass is 304 g/mol. The molecule has 3 aromatic rings. The van der Waals surface area contributed by atoms with Crippen molar-refractivity contribution in [3.05, 3.63) is 72.7 Å². The van der Waals surface area contributed by atoms with Gasteiger partial charge in [0.15, 0.2) is 0 Å². The van der Waals surface area contributed by atoms with Crippen LogP contribution in [0.3, 0.4) is 0 Å². The summed E-state index contributed by atoms with van der Waals surface area (Å²) in [5, 5.41) is 12.7. The summed E-state index contributed by atoms with van der Waals surface area (Å²) in [4.78, 5) is 12.9. The van der Waals surface area contributed by atoms with E-state index in [0.717, 1.165) is 22.5 Å². The summed E-state index contributed by atoms with van der Waals surface area (Å²) in [5.74, 6) is 0.508. The number of nitrogens with one attached hydrogen (secondary N) is 1. The molecule has 0 unspecified atom stereocenters. The van der Waals surface area contributed by atoms with Gasteiger partial charge < -0.3 is 10.4 Å². The fourth-order valence-corrected chi connectivity index (χ4v) is 2.15. The van der Waals surface area contributed by atoms with E-state index in [1.165, 1.54) is 0 Å². The molecule has 0 radical (unpaired) electrons. The van der Waals surface area contributed by atoms with Crippen molar-refractivity contribution in [1.29, 1.82) is 0 Å². The number of hydrogen-bond acceptors (Lipinski definition) is 5. The van der Waals surface area contributed by atoms with Gasteiger partial charge in [-0.1, -0.05) is 18.7 Å². The number of aryl methyl sites for hydroxylation is 1. The van der Waals surface area contributed by atoms with Crippen molar-refractivity contribution >= 4 is 17.4 Å². The molecule has 2 heterocycles. The second-order valence-corrected chi connectivity index (χ2v) is 5.11. The van der Waals surface area contributed by atoms with E-state index < -0.39 is 0 Å². The van der Waals surface area contributed by atoms with Gasteiger partial charge in [0, 0.05) is 35.4 Å². The molecule has 0 atom stereocenters. The first-order valence-electron chi connectivity index (χ1n) is 7.13. The number of pyridine rings is 1. The first kappa shape index (κ1) is 14.7. The first-order valence-corrected chi connectivity index (χ1v) is 7.13. The molecule has 0 spiro atoms. The largest absolute Gasteiger partial charge is 0.508 e. The molecule has 5 nitrogen and oxygen atoms in total. The number of anilines is 2. The topological polar surface area (TPSA) is 70.9 Å². The van der Waals surface area contributed by atoms with Crippen molar-refractivity contribution in [3.8, 4) is 11.3 Å². The van der Waals surface area contributed by atoms with Crippen molar-refractivity contribution in [1.82, 2.24) is 15.0 Å². The van der Waals surface area contributed by atoms with E-state index >= 15 is 0 Å². The Bertz CT molecular complexity index is 847. The standard InChI is InChI=1S/C18H16N4O/c1-12-5-6-14(13(2)23)10-17(12)22-18-20-9-7-16(21-18)15-4-3-8-19-11-15/h3-11,23H,2H2,1H3,(H,20,21,22). The van der Waals surface area contributed by atoms with Crippen molar-refractivity contribution in [2.24, 2.45) is 0 Å². The molecule has 0 saturated heterocycles. The van der Waals surface area contributed by atoms with Crippen LogP contribution in [0.5, 0.6) is 0 Å². The number of aromatic nitrogens is 3. The molecule has 0 aliphatic rings. The number of aliphatic hydroxyl groups excluding tert-OH is 1. The Morgan fingerprint density at radius 2 is 2.04 bits per heavy atom. The van der Waals surface area contributed by atoms with Crippen LogP contribution < -0.4 is 5.32 Å². The van der Waals surface area contributed by atoms with Crippen molar-refractivity contribution in [2.45, 2.75) is 6.92 Å². The minimum atomic E-state index is 0.0260. The maximum absolute atomic E-state index is 9.54. The summed E-state index contributed by atoms with van der Waals surface area (Å²) in [5.41, 5.74) is 4.20. The maximum Gasteiger partial charge on any atom is 0.227 e. The van der Waals surface area contributed by atoms with Gasteiger partial charge in [-0.05, 0) is 36.8 Å². The molecule has 5 heteroatoms. The Morgan fingerprint density at radius 3 is 2.78 bits per heavy atom. The molecule has 0 fully saturated rings. The van der Waals surface area contributed by atoms with E-state index in [1.54, 1.807) is 18.6 Å².